The lowest BCUT2D eigenvalue weighted by Gasteiger charge is -2.36. The van der Waals surface area contributed by atoms with Gasteiger partial charge in [-0.05, 0) is 73.6 Å². The van der Waals surface area contributed by atoms with Crippen LogP contribution in [0.1, 0.15) is 49.1 Å². The van der Waals surface area contributed by atoms with E-state index in [1.54, 1.807) is 24.3 Å². The summed E-state index contributed by atoms with van der Waals surface area (Å²) in [5.74, 6) is 0.162. The maximum absolute atomic E-state index is 12.4. The predicted octanol–water partition coefficient (Wildman–Crippen LogP) is 4.52. The fourth-order valence-electron chi connectivity index (χ4n) is 4.25. The Kier molecular flexibility index (Phi) is 5.28. The fraction of sp³-hybridized carbons (Fsp3) is 0.292. The quantitative estimate of drug-likeness (QED) is 0.691. The average Bonchev–Trinajstić information content (AvgIpc) is 2.74. The van der Waals surface area contributed by atoms with E-state index in [9.17, 15) is 9.90 Å². The van der Waals surface area contributed by atoms with Crippen molar-refractivity contribution < 1.29 is 9.90 Å². The molecule has 5 nitrogen and oxygen atoms in total. The van der Waals surface area contributed by atoms with Crippen LogP contribution < -0.4 is 5.32 Å². The van der Waals surface area contributed by atoms with Crippen LogP contribution in [0.2, 0.25) is 0 Å². The van der Waals surface area contributed by atoms with Crippen LogP contribution in [0.4, 0.5) is 5.69 Å². The van der Waals surface area contributed by atoms with Gasteiger partial charge in [0.2, 0.25) is 5.91 Å². The Bertz CT molecular complexity index is 1060. The molecule has 0 aliphatic heterocycles. The normalized spacial score (nSPS) is 21.4. The van der Waals surface area contributed by atoms with Gasteiger partial charge in [-0.2, -0.15) is 5.26 Å². The topological polar surface area (TPSA) is 86.0 Å². The second-order valence-electron chi connectivity index (χ2n) is 7.83. The van der Waals surface area contributed by atoms with Gasteiger partial charge in [-0.3, -0.25) is 9.78 Å². The molecule has 1 saturated carbocycles. The molecule has 2 aromatic carbocycles. The standard InChI is InChI=1S/C24H23N3O2/c25-16-17-5-7-19(8-6-17)27-23(28)15-24(29)12-9-18(10-13-24)20-11-14-26-22-4-2-1-3-21(20)22/h1-8,11,14,18,29H,9-10,12-13,15H2,(H,27,28)/t18-,24-. The van der Waals surface area contributed by atoms with Crippen molar-refractivity contribution in [1.82, 2.24) is 4.98 Å². The number of benzene rings is 2. The van der Waals surface area contributed by atoms with Crippen LogP contribution in [0.5, 0.6) is 0 Å². The van der Waals surface area contributed by atoms with Crippen LogP contribution in [0.25, 0.3) is 10.9 Å². The summed E-state index contributed by atoms with van der Waals surface area (Å²) in [4.78, 5) is 16.9. The van der Waals surface area contributed by atoms with Gasteiger partial charge in [0.1, 0.15) is 0 Å². The molecule has 0 atom stereocenters. The molecule has 5 heteroatoms. The number of carbonyl (C=O) groups is 1. The van der Waals surface area contributed by atoms with E-state index in [2.05, 4.69) is 28.5 Å². The number of aliphatic hydroxyl groups is 1. The summed E-state index contributed by atoms with van der Waals surface area (Å²) < 4.78 is 0. The van der Waals surface area contributed by atoms with E-state index in [1.165, 1.54) is 10.9 Å². The van der Waals surface area contributed by atoms with E-state index in [0.717, 1.165) is 18.4 Å². The number of pyridine rings is 1. The van der Waals surface area contributed by atoms with Crippen molar-refractivity contribution in [3.05, 3.63) is 71.9 Å². The van der Waals surface area contributed by atoms with Gasteiger partial charge in [0.15, 0.2) is 0 Å². The van der Waals surface area contributed by atoms with E-state index >= 15 is 0 Å². The van der Waals surface area contributed by atoms with Gasteiger partial charge in [-0.25, -0.2) is 0 Å². The van der Waals surface area contributed by atoms with Gasteiger partial charge in [0, 0.05) is 17.3 Å². The first kappa shape index (κ1) is 19.1. The second-order valence-corrected chi connectivity index (χ2v) is 7.83. The first-order chi connectivity index (χ1) is 14.1. The third-order valence-corrected chi connectivity index (χ3v) is 5.83. The number of para-hydroxylation sites is 1. The molecule has 0 unspecified atom stereocenters. The molecule has 1 aromatic heterocycles. The lowest BCUT2D eigenvalue weighted by atomic mass is 9.74. The van der Waals surface area contributed by atoms with Gasteiger partial charge < -0.3 is 10.4 Å². The molecule has 1 fully saturated rings. The number of nitrogens with one attached hydrogen (secondary N) is 1. The molecule has 4 rings (SSSR count). The molecule has 0 spiro atoms. The molecule has 0 radical (unpaired) electrons. The highest BCUT2D eigenvalue weighted by Gasteiger charge is 2.36. The molecule has 1 amide bonds. The summed E-state index contributed by atoms with van der Waals surface area (Å²) in [7, 11) is 0. The molecule has 0 saturated heterocycles. The number of nitrogens with zero attached hydrogens (tertiary/aromatic N) is 2. The molecule has 3 aromatic rings. The fourth-order valence-corrected chi connectivity index (χ4v) is 4.25. The highest BCUT2D eigenvalue weighted by Crippen LogP contribution is 2.41. The number of fused-ring (bicyclic) bond motifs is 1. The van der Waals surface area contributed by atoms with Crippen LogP contribution in [0.3, 0.4) is 0 Å². The summed E-state index contributed by atoms with van der Waals surface area (Å²) in [6.45, 7) is 0. The van der Waals surface area contributed by atoms with E-state index in [4.69, 9.17) is 5.26 Å². The minimum absolute atomic E-state index is 0.0802. The largest absolute Gasteiger partial charge is 0.389 e. The predicted molar refractivity (Wildman–Crippen MR) is 112 cm³/mol. The molecule has 1 aliphatic carbocycles. The number of anilines is 1. The summed E-state index contributed by atoms with van der Waals surface area (Å²) in [5.41, 5.74) is 2.47. The summed E-state index contributed by atoms with van der Waals surface area (Å²) in [5, 5.41) is 23.8. The zero-order chi connectivity index (χ0) is 20.3. The lowest BCUT2D eigenvalue weighted by Crippen LogP contribution is -2.37. The SMILES string of the molecule is N#Cc1ccc(NC(=O)C[C@]2(O)CC[C@H](c3ccnc4ccccc43)CC2)cc1. The Labute approximate surface area is 170 Å². The minimum Gasteiger partial charge on any atom is -0.389 e. The lowest BCUT2D eigenvalue weighted by molar-refractivity contribution is -0.122. The zero-order valence-corrected chi connectivity index (χ0v) is 16.1. The van der Waals surface area contributed by atoms with Crippen molar-refractivity contribution in [3.8, 4) is 6.07 Å². The molecule has 2 N–H and O–H groups in total. The molecule has 146 valence electrons. The second kappa shape index (κ2) is 8.02. The Morgan fingerprint density at radius 3 is 2.59 bits per heavy atom. The Hall–Kier alpha value is -3.23. The van der Waals surface area contributed by atoms with Gasteiger partial charge in [0.05, 0.1) is 29.2 Å². The van der Waals surface area contributed by atoms with Crippen LogP contribution in [0, 0.1) is 11.3 Å². The molecular weight excluding hydrogens is 362 g/mol. The smallest absolute Gasteiger partial charge is 0.227 e. The number of rotatable bonds is 4. The number of hydrogen-bond acceptors (Lipinski definition) is 4. The molecular formula is C24H23N3O2. The van der Waals surface area contributed by atoms with E-state index in [0.29, 0.717) is 30.0 Å². The highest BCUT2D eigenvalue weighted by molar-refractivity contribution is 5.91. The molecule has 1 heterocycles. The van der Waals surface area contributed by atoms with Crippen molar-refractivity contribution in [1.29, 1.82) is 5.26 Å². The van der Waals surface area contributed by atoms with Gasteiger partial charge >= 0.3 is 0 Å². The Morgan fingerprint density at radius 2 is 1.86 bits per heavy atom. The number of aromatic nitrogens is 1. The van der Waals surface area contributed by atoms with Crippen molar-refractivity contribution in [2.24, 2.45) is 0 Å². The van der Waals surface area contributed by atoms with Gasteiger partial charge in [-0.15, -0.1) is 0 Å². The van der Waals surface area contributed by atoms with Crippen LogP contribution in [0.15, 0.2) is 60.8 Å². The van der Waals surface area contributed by atoms with Gasteiger partial charge in [-0.1, -0.05) is 18.2 Å². The highest BCUT2D eigenvalue weighted by atomic mass is 16.3. The summed E-state index contributed by atoms with van der Waals surface area (Å²) in [6, 6.07) is 19.0. The maximum Gasteiger partial charge on any atom is 0.227 e. The maximum atomic E-state index is 12.4. The van der Waals surface area contributed by atoms with E-state index in [-0.39, 0.29) is 12.3 Å². The third-order valence-electron chi connectivity index (χ3n) is 5.83. The third kappa shape index (κ3) is 4.28. The summed E-state index contributed by atoms with van der Waals surface area (Å²) in [6.07, 6.45) is 4.80. The Balaban J connectivity index is 1.38. The van der Waals surface area contributed by atoms with Crippen molar-refractivity contribution in [2.75, 3.05) is 5.32 Å². The number of amides is 1. The van der Waals surface area contributed by atoms with E-state index < -0.39 is 5.60 Å². The monoisotopic (exact) mass is 385 g/mol. The van der Waals surface area contributed by atoms with Crippen LogP contribution >= 0.6 is 0 Å². The first-order valence-corrected chi connectivity index (χ1v) is 9.92. The molecule has 29 heavy (non-hydrogen) atoms. The zero-order valence-electron chi connectivity index (χ0n) is 16.1. The average molecular weight is 385 g/mol. The summed E-state index contributed by atoms with van der Waals surface area (Å²) >= 11 is 0. The van der Waals surface area contributed by atoms with E-state index in [1.807, 2.05) is 24.4 Å². The van der Waals surface area contributed by atoms with Crippen molar-refractivity contribution in [3.63, 3.8) is 0 Å². The van der Waals surface area contributed by atoms with Crippen LogP contribution in [-0.2, 0) is 4.79 Å². The van der Waals surface area contributed by atoms with Crippen LogP contribution in [-0.4, -0.2) is 21.6 Å². The molecule has 0 bridgehead atoms. The van der Waals surface area contributed by atoms with Crippen molar-refractivity contribution >= 4 is 22.5 Å². The number of hydrogen-bond donors (Lipinski definition) is 2. The Morgan fingerprint density at radius 1 is 1.14 bits per heavy atom. The minimum atomic E-state index is -0.976. The number of nitriles is 1. The van der Waals surface area contributed by atoms with Gasteiger partial charge in [0.25, 0.3) is 0 Å². The first-order valence-electron chi connectivity index (χ1n) is 9.92. The van der Waals surface area contributed by atoms with Crippen molar-refractivity contribution in [2.45, 2.75) is 43.6 Å². The molecule has 1 aliphatic rings. The number of carbonyl (C=O) groups excluding carboxylic acids is 1.